The average Bonchev–Trinajstić information content (AvgIpc) is 4.05. The number of rotatable bonds is 8. The first-order valence-electron chi connectivity index (χ1n) is 20.7. The SMILES string of the molecule is c1ccc(-n2c(-c3ccc(N(c4ccc(-c5ccc6c(n5)sc5ccccc56)cc4)c4ccc(-c5nc6ccccc6n5-c5ccccc5)cc4)cc3)nc3ccccc32)cc1. The molecule has 0 spiro atoms. The van der Waals surface area contributed by atoms with Gasteiger partial charge in [-0.05, 0) is 127 Å². The zero-order valence-corrected chi connectivity index (χ0v) is 34.2. The van der Waals surface area contributed by atoms with Gasteiger partial charge in [0.05, 0.1) is 27.8 Å². The third-order valence-corrected chi connectivity index (χ3v) is 12.7. The van der Waals surface area contributed by atoms with E-state index in [0.717, 1.165) is 89.4 Å². The molecule has 0 radical (unpaired) electrons. The van der Waals surface area contributed by atoms with Crippen LogP contribution in [0.5, 0.6) is 0 Å². The van der Waals surface area contributed by atoms with Crippen LogP contribution in [0.2, 0.25) is 0 Å². The van der Waals surface area contributed by atoms with Crippen LogP contribution in [-0.4, -0.2) is 24.1 Å². The van der Waals surface area contributed by atoms with Crippen LogP contribution in [0.1, 0.15) is 0 Å². The number of anilines is 3. The third-order valence-electron chi connectivity index (χ3n) is 11.6. The summed E-state index contributed by atoms with van der Waals surface area (Å²) in [5, 5.41) is 2.45. The van der Waals surface area contributed by atoms with Crippen LogP contribution in [0.25, 0.3) is 87.8 Å². The number of hydrogen-bond donors (Lipinski definition) is 0. The van der Waals surface area contributed by atoms with E-state index in [1.807, 2.05) is 24.3 Å². The zero-order valence-electron chi connectivity index (χ0n) is 33.4. The normalized spacial score (nSPS) is 11.5. The van der Waals surface area contributed by atoms with Crippen molar-refractivity contribution in [2.24, 2.45) is 0 Å². The first-order chi connectivity index (χ1) is 30.7. The van der Waals surface area contributed by atoms with Crippen LogP contribution in [0, 0.1) is 0 Å². The number of thiophene rings is 1. The molecule has 8 aromatic carbocycles. The highest BCUT2D eigenvalue weighted by Gasteiger charge is 2.19. The second kappa shape index (κ2) is 14.9. The van der Waals surface area contributed by atoms with Crippen molar-refractivity contribution in [3.63, 3.8) is 0 Å². The van der Waals surface area contributed by atoms with E-state index in [1.165, 1.54) is 15.5 Å². The molecule has 0 saturated heterocycles. The van der Waals surface area contributed by atoms with Crippen LogP contribution in [0.4, 0.5) is 17.1 Å². The van der Waals surface area contributed by atoms with Crippen LogP contribution in [0.3, 0.4) is 0 Å². The van der Waals surface area contributed by atoms with Crippen molar-refractivity contribution in [2.75, 3.05) is 4.90 Å². The minimum absolute atomic E-state index is 0.897. The molecule has 4 heterocycles. The molecular weight excluding hydrogens is 777 g/mol. The maximum atomic E-state index is 5.14. The van der Waals surface area contributed by atoms with E-state index in [0.29, 0.717) is 0 Å². The molecule has 0 atom stereocenters. The van der Waals surface area contributed by atoms with Crippen LogP contribution in [-0.2, 0) is 0 Å². The molecule has 0 aliphatic rings. The lowest BCUT2D eigenvalue weighted by Gasteiger charge is -2.26. The predicted octanol–water partition coefficient (Wildman–Crippen LogP) is 14.6. The lowest BCUT2D eigenvalue weighted by molar-refractivity contribution is 1.10. The molecule has 7 heteroatoms. The zero-order chi connectivity index (χ0) is 41.0. The van der Waals surface area contributed by atoms with Crippen molar-refractivity contribution >= 4 is 70.8 Å². The Bertz CT molecular complexity index is 3390. The maximum absolute atomic E-state index is 5.14. The van der Waals surface area contributed by atoms with E-state index >= 15 is 0 Å². The molecule has 12 aromatic rings. The number of imidazole rings is 2. The fraction of sp³-hybridized carbons (Fsp3) is 0. The standard InChI is InChI=1S/C55H36N6S/c1-3-13-40(14-4-1)60-50-20-10-8-18-48(50)56-53(60)38-25-31-43(32-26-38)59(42-29-23-37(24-30-42)47-36-35-46-45-17-7-12-22-52(45)62-55(46)58-47)44-33-27-39(28-34-44)54-57-49-19-9-11-21-51(49)61(54)41-15-5-2-6-16-41/h1-36H. The molecule has 0 bridgehead atoms. The number of pyridine rings is 1. The summed E-state index contributed by atoms with van der Waals surface area (Å²) in [5.74, 6) is 1.79. The van der Waals surface area contributed by atoms with Gasteiger partial charge in [0, 0.05) is 60.6 Å². The number of para-hydroxylation sites is 6. The quantitative estimate of drug-likeness (QED) is 0.153. The molecule has 0 aliphatic carbocycles. The van der Waals surface area contributed by atoms with E-state index in [-0.39, 0.29) is 0 Å². The highest BCUT2D eigenvalue weighted by molar-refractivity contribution is 7.25. The molecule has 0 N–H and O–H groups in total. The van der Waals surface area contributed by atoms with Crippen molar-refractivity contribution in [3.8, 4) is 45.4 Å². The molecule has 0 amide bonds. The fourth-order valence-corrected chi connectivity index (χ4v) is 9.70. The van der Waals surface area contributed by atoms with Crippen molar-refractivity contribution in [3.05, 3.63) is 218 Å². The summed E-state index contributed by atoms with van der Waals surface area (Å²) in [6, 6.07) is 76.6. The summed E-state index contributed by atoms with van der Waals surface area (Å²) in [5.41, 5.74) is 13.4. The van der Waals surface area contributed by atoms with E-state index in [9.17, 15) is 0 Å². The Morgan fingerprint density at radius 3 is 1.34 bits per heavy atom. The molecule has 4 aromatic heterocycles. The Morgan fingerprint density at radius 1 is 0.355 bits per heavy atom. The monoisotopic (exact) mass is 812 g/mol. The van der Waals surface area contributed by atoms with E-state index < -0.39 is 0 Å². The van der Waals surface area contributed by atoms with Crippen LogP contribution >= 0.6 is 11.3 Å². The summed E-state index contributed by atoms with van der Waals surface area (Å²) in [4.78, 5) is 18.8. The number of nitrogens with zero attached hydrogens (tertiary/aromatic N) is 6. The average molecular weight is 813 g/mol. The Kier molecular flexibility index (Phi) is 8.57. The number of aromatic nitrogens is 5. The summed E-state index contributed by atoms with van der Waals surface area (Å²) in [6.07, 6.45) is 0. The molecule has 292 valence electrons. The Balaban J connectivity index is 0.953. The number of hydrogen-bond acceptors (Lipinski definition) is 5. The number of fused-ring (bicyclic) bond motifs is 5. The van der Waals surface area contributed by atoms with Gasteiger partial charge in [-0.2, -0.15) is 0 Å². The minimum atomic E-state index is 0.897. The summed E-state index contributed by atoms with van der Waals surface area (Å²) < 4.78 is 5.74. The molecule has 6 nitrogen and oxygen atoms in total. The van der Waals surface area contributed by atoms with E-state index in [4.69, 9.17) is 15.0 Å². The predicted molar refractivity (Wildman–Crippen MR) is 257 cm³/mol. The second-order valence-corrected chi connectivity index (χ2v) is 16.3. The van der Waals surface area contributed by atoms with Gasteiger partial charge < -0.3 is 4.90 Å². The second-order valence-electron chi connectivity index (χ2n) is 15.3. The van der Waals surface area contributed by atoms with Gasteiger partial charge in [0.25, 0.3) is 0 Å². The van der Waals surface area contributed by atoms with Gasteiger partial charge in [-0.3, -0.25) is 9.13 Å². The first-order valence-corrected chi connectivity index (χ1v) is 21.5. The molecule has 0 fully saturated rings. The van der Waals surface area contributed by atoms with Crippen molar-refractivity contribution < 1.29 is 0 Å². The molecule has 62 heavy (non-hydrogen) atoms. The topological polar surface area (TPSA) is 51.8 Å². The molecule has 12 rings (SSSR count). The van der Waals surface area contributed by atoms with Gasteiger partial charge in [-0.1, -0.05) is 91.0 Å². The van der Waals surface area contributed by atoms with E-state index in [1.54, 1.807) is 11.3 Å². The minimum Gasteiger partial charge on any atom is -0.311 e. The fourth-order valence-electron chi connectivity index (χ4n) is 8.63. The van der Waals surface area contributed by atoms with Crippen LogP contribution < -0.4 is 4.90 Å². The maximum Gasteiger partial charge on any atom is 0.145 e. The largest absolute Gasteiger partial charge is 0.311 e. The molecule has 0 unspecified atom stereocenters. The number of benzene rings is 8. The van der Waals surface area contributed by atoms with Crippen molar-refractivity contribution in [1.29, 1.82) is 0 Å². The van der Waals surface area contributed by atoms with Crippen molar-refractivity contribution in [2.45, 2.75) is 0 Å². The van der Waals surface area contributed by atoms with Gasteiger partial charge in [-0.15, -0.1) is 11.3 Å². The molecule has 0 aliphatic heterocycles. The lowest BCUT2D eigenvalue weighted by atomic mass is 10.1. The van der Waals surface area contributed by atoms with Gasteiger partial charge in [0.1, 0.15) is 16.5 Å². The molecule has 0 saturated carbocycles. The third kappa shape index (κ3) is 6.14. The Morgan fingerprint density at radius 2 is 0.806 bits per heavy atom. The lowest BCUT2D eigenvalue weighted by Crippen LogP contribution is -2.10. The smallest absolute Gasteiger partial charge is 0.145 e. The molecular formula is C55H36N6S. The Hall–Kier alpha value is -8.13. The summed E-state index contributed by atoms with van der Waals surface area (Å²) in [7, 11) is 0. The summed E-state index contributed by atoms with van der Waals surface area (Å²) >= 11 is 1.74. The van der Waals surface area contributed by atoms with E-state index in [2.05, 4.69) is 208 Å². The first kappa shape index (κ1) is 35.8. The van der Waals surface area contributed by atoms with Gasteiger partial charge in [0.2, 0.25) is 0 Å². The van der Waals surface area contributed by atoms with Crippen LogP contribution in [0.15, 0.2) is 218 Å². The van der Waals surface area contributed by atoms with Gasteiger partial charge >= 0.3 is 0 Å². The highest BCUT2D eigenvalue weighted by atomic mass is 32.1. The summed E-state index contributed by atoms with van der Waals surface area (Å²) in [6.45, 7) is 0. The Labute approximate surface area is 361 Å². The highest BCUT2D eigenvalue weighted by Crippen LogP contribution is 2.40. The van der Waals surface area contributed by atoms with Crippen molar-refractivity contribution in [1.82, 2.24) is 24.1 Å². The van der Waals surface area contributed by atoms with Gasteiger partial charge in [0.15, 0.2) is 0 Å². The van der Waals surface area contributed by atoms with Gasteiger partial charge in [-0.25, -0.2) is 15.0 Å².